The van der Waals surface area contributed by atoms with Crippen molar-refractivity contribution in [2.45, 2.75) is 52.4 Å². The van der Waals surface area contributed by atoms with E-state index in [0.29, 0.717) is 12.8 Å². The fourth-order valence-electron chi connectivity index (χ4n) is 2.89. The van der Waals surface area contributed by atoms with Gasteiger partial charge < -0.3 is 0 Å². The zero-order chi connectivity index (χ0) is 21.6. The number of carbonyl (C=O) groups is 2. The fraction of sp³-hybridized carbons (Fsp3) is 0.333. The lowest BCUT2D eigenvalue weighted by Crippen LogP contribution is -2.17. The monoisotopic (exact) mass is 406 g/mol. The van der Waals surface area contributed by atoms with E-state index in [1.54, 1.807) is 12.4 Å². The van der Waals surface area contributed by atoms with Crippen molar-refractivity contribution in [2.75, 3.05) is 0 Å². The summed E-state index contributed by atoms with van der Waals surface area (Å²) in [5.74, 6) is -0.190. The maximum atomic E-state index is 11.8. The average Bonchev–Trinajstić information content (AvgIpc) is 2.71. The number of nitrogens with zero attached hydrogens (tertiary/aromatic N) is 2. The quantitative estimate of drug-likeness (QED) is 0.332. The van der Waals surface area contributed by atoms with E-state index in [1.807, 2.05) is 62.4 Å². The molecule has 0 aliphatic heterocycles. The van der Waals surface area contributed by atoms with E-state index in [0.717, 1.165) is 47.9 Å². The summed E-state index contributed by atoms with van der Waals surface area (Å²) in [6, 6.07) is 15.8. The predicted octanol–water partition coefficient (Wildman–Crippen LogP) is 4.24. The minimum Gasteiger partial charge on any atom is -0.273 e. The molecule has 0 unspecified atom stereocenters. The van der Waals surface area contributed by atoms with Crippen molar-refractivity contribution < 1.29 is 9.59 Å². The van der Waals surface area contributed by atoms with Gasteiger partial charge in [0.05, 0.1) is 12.4 Å². The molecule has 0 bridgehead atoms. The highest BCUT2D eigenvalue weighted by Gasteiger charge is 2.02. The summed E-state index contributed by atoms with van der Waals surface area (Å²) in [4.78, 5) is 23.6. The van der Waals surface area contributed by atoms with E-state index in [2.05, 4.69) is 21.1 Å². The van der Waals surface area contributed by atoms with E-state index >= 15 is 0 Å². The molecule has 2 aromatic rings. The van der Waals surface area contributed by atoms with Crippen LogP contribution in [0.15, 0.2) is 58.7 Å². The van der Waals surface area contributed by atoms with Crippen LogP contribution >= 0.6 is 0 Å². The second-order valence-electron chi connectivity index (χ2n) is 7.33. The Bertz CT molecular complexity index is 817. The lowest BCUT2D eigenvalue weighted by Gasteiger charge is -2.02. The fourth-order valence-corrected chi connectivity index (χ4v) is 2.89. The van der Waals surface area contributed by atoms with Gasteiger partial charge in [0.2, 0.25) is 11.8 Å². The first-order chi connectivity index (χ1) is 14.5. The molecule has 0 heterocycles. The van der Waals surface area contributed by atoms with Crippen molar-refractivity contribution in [3.05, 3.63) is 70.8 Å². The second kappa shape index (κ2) is 13.0. The highest BCUT2D eigenvalue weighted by Crippen LogP contribution is 2.06. The zero-order valence-corrected chi connectivity index (χ0v) is 17.7. The molecule has 30 heavy (non-hydrogen) atoms. The van der Waals surface area contributed by atoms with Crippen molar-refractivity contribution in [2.24, 2.45) is 10.2 Å². The molecule has 6 heteroatoms. The summed E-state index contributed by atoms with van der Waals surface area (Å²) in [6.07, 6.45) is 7.49. The maximum Gasteiger partial charge on any atom is 0.240 e. The summed E-state index contributed by atoms with van der Waals surface area (Å²) >= 11 is 0. The molecular formula is C24H30N4O2. The van der Waals surface area contributed by atoms with Crippen LogP contribution in [-0.2, 0) is 9.59 Å². The van der Waals surface area contributed by atoms with Crippen LogP contribution in [0, 0.1) is 13.8 Å². The van der Waals surface area contributed by atoms with Gasteiger partial charge in [-0.25, -0.2) is 10.9 Å². The van der Waals surface area contributed by atoms with E-state index in [1.165, 1.54) is 0 Å². The summed E-state index contributed by atoms with van der Waals surface area (Å²) in [7, 11) is 0. The number of nitrogens with one attached hydrogen (secondary N) is 2. The van der Waals surface area contributed by atoms with Crippen molar-refractivity contribution in [1.82, 2.24) is 10.9 Å². The first kappa shape index (κ1) is 23.0. The van der Waals surface area contributed by atoms with Crippen LogP contribution in [0.5, 0.6) is 0 Å². The van der Waals surface area contributed by atoms with Crippen LogP contribution in [0.1, 0.15) is 60.8 Å². The van der Waals surface area contributed by atoms with E-state index < -0.39 is 0 Å². The lowest BCUT2D eigenvalue weighted by atomic mass is 10.1. The van der Waals surface area contributed by atoms with E-state index in [4.69, 9.17) is 0 Å². The van der Waals surface area contributed by atoms with Crippen LogP contribution in [0.2, 0.25) is 0 Å². The Morgan fingerprint density at radius 2 is 1.17 bits per heavy atom. The number of unbranched alkanes of at least 4 members (excludes halogenated alkanes) is 3. The summed E-state index contributed by atoms with van der Waals surface area (Å²) in [5, 5.41) is 7.97. The van der Waals surface area contributed by atoms with Gasteiger partial charge in [-0.15, -0.1) is 0 Å². The predicted molar refractivity (Wildman–Crippen MR) is 122 cm³/mol. The third kappa shape index (κ3) is 9.78. The van der Waals surface area contributed by atoms with Crippen molar-refractivity contribution in [3.8, 4) is 0 Å². The Balaban J connectivity index is 1.50. The third-order valence-corrected chi connectivity index (χ3v) is 4.45. The van der Waals surface area contributed by atoms with Gasteiger partial charge in [0.1, 0.15) is 0 Å². The van der Waals surface area contributed by atoms with Gasteiger partial charge >= 0.3 is 0 Å². The summed E-state index contributed by atoms with van der Waals surface area (Å²) in [6.45, 7) is 4.02. The number of amides is 2. The van der Waals surface area contributed by atoms with Gasteiger partial charge in [-0.05, 0) is 37.8 Å². The first-order valence-corrected chi connectivity index (χ1v) is 10.3. The van der Waals surface area contributed by atoms with Gasteiger partial charge in [0.15, 0.2) is 0 Å². The molecule has 0 spiro atoms. The topological polar surface area (TPSA) is 82.9 Å². The number of hydrogen-bond acceptors (Lipinski definition) is 4. The molecule has 158 valence electrons. The molecule has 0 fully saturated rings. The molecule has 0 aromatic heterocycles. The number of aryl methyl sites for hydroxylation is 2. The Labute approximate surface area is 178 Å². The van der Waals surface area contributed by atoms with Crippen LogP contribution in [0.4, 0.5) is 0 Å². The average molecular weight is 407 g/mol. The zero-order valence-electron chi connectivity index (χ0n) is 17.7. The van der Waals surface area contributed by atoms with Crippen molar-refractivity contribution in [1.29, 1.82) is 0 Å². The number of hydrazone groups is 2. The van der Waals surface area contributed by atoms with Gasteiger partial charge in [-0.3, -0.25) is 9.59 Å². The van der Waals surface area contributed by atoms with Crippen molar-refractivity contribution >= 4 is 24.2 Å². The number of hydrogen-bond donors (Lipinski definition) is 2. The molecule has 0 saturated heterocycles. The molecule has 0 radical (unpaired) electrons. The largest absolute Gasteiger partial charge is 0.273 e. The Morgan fingerprint density at radius 1 is 0.733 bits per heavy atom. The van der Waals surface area contributed by atoms with Crippen LogP contribution in [-0.4, -0.2) is 24.2 Å². The SMILES string of the molecule is Cc1cccc(/C=N/NC(=O)CCCCCCC(=O)N/N=C/c2cccc(C)c2)c1. The normalized spacial score (nSPS) is 11.1. The Kier molecular flexibility index (Phi) is 10.00. The molecule has 6 nitrogen and oxygen atoms in total. The standard InChI is InChI=1S/C24H30N4O2/c1-19-9-7-11-21(15-19)17-25-27-23(29)13-5-3-4-6-14-24(30)28-26-18-22-12-8-10-20(2)16-22/h7-12,15-18H,3-6,13-14H2,1-2H3,(H,27,29)(H,28,30)/b25-17+,26-18+. The molecule has 0 atom stereocenters. The number of benzene rings is 2. The Morgan fingerprint density at radius 3 is 1.57 bits per heavy atom. The number of carbonyl (C=O) groups excluding carboxylic acids is 2. The highest BCUT2D eigenvalue weighted by atomic mass is 16.2. The van der Waals surface area contributed by atoms with Crippen LogP contribution < -0.4 is 10.9 Å². The molecule has 2 amide bonds. The highest BCUT2D eigenvalue weighted by molar-refractivity contribution is 5.83. The molecule has 2 N–H and O–H groups in total. The van der Waals surface area contributed by atoms with Gasteiger partial charge in [-0.2, -0.15) is 10.2 Å². The molecular weight excluding hydrogens is 376 g/mol. The second-order valence-corrected chi connectivity index (χ2v) is 7.33. The lowest BCUT2D eigenvalue weighted by molar-refractivity contribution is -0.122. The van der Waals surface area contributed by atoms with Gasteiger partial charge in [0, 0.05) is 12.8 Å². The minimum absolute atomic E-state index is 0.0952. The first-order valence-electron chi connectivity index (χ1n) is 10.3. The Hall–Kier alpha value is -3.28. The molecule has 0 saturated carbocycles. The number of rotatable bonds is 11. The van der Waals surface area contributed by atoms with Crippen LogP contribution in [0.3, 0.4) is 0 Å². The third-order valence-electron chi connectivity index (χ3n) is 4.45. The van der Waals surface area contributed by atoms with Crippen molar-refractivity contribution in [3.63, 3.8) is 0 Å². The molecule has 0 aliphatic rings. The minimum atomic E-state index is -0.0952. The molecule has 2 aromatic carbocycles. The van der Waals surface area contributed by atoms with E-state index in [9.17, 15) is 9.59 Å². The summed E-state index contributed by atoms with van der Waals surface area (Å²) in [5.41, 5.74) is 9.31. The maximum absolute atomic E-state index is 11.8. The van der Waals surface area contributed by atoms with E-state index in [-0.39, 0.29) is 11.8 Å². The molecule has 0 aliphatic carbocycles. The van der Waals surface area contributed by atoms with Crippen LogP contribution in [0.25, 0.3) is 0 Å². The smallest absolute Gasteiger partial charge is 0.240 e. The van der Waals surface area contributed by atoms with Gasteiger partial charge in [0.25, 0.3) is 0 Å². The van der Waals surface area contributed by atoms with Gasteiger partial charge in [-0.1, -0.05) is 72.5 Å². The summed E-state index contributed by atoms with van der Waals surface area (Å²) < 4.78 is 0. The molecule has 2 rings (SSSR count).